The molecule has 1 fully saturated rings. The van der Waals surface area contributed by atoms with Crippen molar-refractivity contribution >= 4 is 33.2 Å². The Kier molecular flexibility index (Phi) is 5.95. The number of amides is 1. The smallest absolute Gasteiger partial charge is 0.231 e. The second-order valence-corrected chi connectivity index (χ2v) is 10.2. The molecule has 2 heterocycles. The monoisotopic (exact) mass is 432 g/mol. The Bertz CT molecular complexity index is 991. The maximum absolute atomic E-state index is 13.3. The molecule has 2 aliphatic rings. The van der Waals surface area contributed by atoms with Crippen molar-refractivity contribution in [3.05, 3.63) is 64.7 Å². The van der Waals surface area contributed by atoms with Gasteiger partial charge in [0.2, 0.25) is 15.9 Å². The van der Waals surface area contributed by atoms with Crippen LogP contribution in [-0.2, 0) is 27.0 Å². The maximum Gasteiger partial charge on any atom is 0.231 e. The second-order valence-electron chi connectivity index (χ2n) is 7.80. The molecule has 7 heteroatoms. The number of sulfonamides is 1. The van der Waals surface area contributed by atoms with Gasteiger partial charge in [0.05, 0.1) is 11.7 Å². The number of benzene rings is 2. The number of carbonyl (C=O) groups is 1. The van der Waals surface area contributed by atoms with Gasteiger partial charge in [-0.15, -0.1) is 0 Å². The Labute approximate surface area is 177 Å². The van der Waals surface area contributed by atoms with E-state index >= 15 is 0 Å². The van der Waals surface area contributed by atoms with Crippen LogP contribution in [0.15, 0.2) is 48.5 Å². The van der Waals surface area contributed by atoms with Crippen LogP contribution in [0.3, 0.4) is 0 Å². The van der Waals surface area contributed by atoms with Gasteiger partial charge in [0, 0.05) is 30.3 Å². The summed E-state index contributed by atoms with van der Waals surface area (Å²) < 4.78 is 27.4. The predicted octanol–water partition coefficient (Wildman–Crippen LogP) is 3.86. The first kappa shape index (κ1) is 20.4. The van der Waals surface area contributed by atoms with Gasteiger partial charge in [-0.3, -0.25) is 4.79 Å². The first-order valence-electron chi connectivity index (χ1n) is 10.1. The van der Waals surface area contributed by atoms with Crippen molar-refractivity contribution in [3.63, 3.8) is 0 Å². The van der Waals surface area contributed by atoms with Crippen LogP contribution in [-0.4, -0.2) is 38.3 Å². The van der Waals surface area contributed by atoms with E-state index in [0.717, 1.165) is 24.9 Å². The number of rotatable bonds is 4. The molecular formula is C22H25ClN2O3S. The predicted molar refractivity (Wildman–Crippen MR) is 115 cm³/mol. The molecule has 1 amide bonds. The van der Waals surface area contributed by atoms with Crippen LogP contribution in [0.4, 0.5) is 5.69 Å². The topological polar surface area (TPSA) is 57.7 Å². The Morgan fingerprint density at radius 3 is 2.59 bits per heavy atom. The lowest BCUT2D eigenvalue weighted by Gasteiger charge is -2.36. The van der Waals surface area contributed by atoms with E-state index in [9.17, 15) is 13.2 Å². The first-order valence-corrected chi connectivity index (χ1v) is 12.0. The van der Waals surface area contributed by atoms with Crippen molar-refractivity contribution in [1.82, 2.24) is 4.31 Å². The van der Waals surface area contributed by atoms with Crippen molar-refractivity contribution in [2.75, 3.05) is 24.5 Å². The number of fused-ring (bicyclic) bond motifs is 1. The number of anilines is 1. The van der Waals surface area contributed by atoms with Gasteiger partial charge in [-0.2, -0.15) is 0 Å². The van der Waals surface area contributed by atoms with Crippen molar-refractivity contribution in [1.29, 1.82) is 0 Å². The summed E-state index contributed by atoms with van der Waals surface area (Å²) in [5.41, 5.74) is 2.87. The van der Waals surface area contributed by atoms with Gasteiger partial charge in [0.1, 0.15) is 0 Å². The number of hydrogen-bond donors (Lipinski definition) is 0. The molecule has 2 aromatic rings. The summed E-state index contributed by atoms with van der Waals surface area (Å²) >= 11 is 5.89. The van der Waals surface area contributed by atoms with Gasteiger partial charge in [-0.25, -0.2) is 12.7 Å². The molecule has 0 aliphatic carbocycles. The molecule has 1 saturated heterocycles. The lowest BCUT2D eigenvalue weighted by Crippen LogP contribution is -2.48. The SMILES string of the molecule is O=C([C@H]1CCCN(S(=O)(=O)Cc2ccc(Cl)cc2)C1)N1CCCc2ccccc21. The van der Waals surface area contributed by atoms with Crippen LogP contribution in [0.25, 0.3) is 0 Å². The third-order valence-electron chi connectivity index (χ3n) is 5.77. The highest BCUT2D eigenvalue weighted by molar-refractivity contribution is 7.88. The van der Waals surface area contributed by atoms with E-state index in [1.54, 1.807) is 24.3 Å². The Morgan fingerprint density at radius 1 is 1.03 bits per heavy atom. The van der Waals surface area contributed by atoms with Crippen LogP contribution < -0.4 is 4.90 Å². The zero-order valence-electron chi connectivity index (χ0n) is 16.3. The van der Waals surface area contributed by atoms with Crippen molar-refractivity contribution in [2.24, 2.45) is 5.92 Å². The number of para-hydroxylation sites is 1. The number of piperidine rings is 1. The van der Waals surface area contributed by atoms with E-state index in [1.165, 1.54) is 9.87 Å². The van der Waals surface area contributed by atoms with Crippen LogP contribution in [0.2, 0.25) is 5.02 Å². The summed E-state index contributed by atoms with van der Waals surface area (Å²) in [4.78, 5) is 15.1. The molecular weight excluding hydrogens is 408 g/mol. The van der Waals surface area contributed by atoms with Crippen LogP contribution in [0.5, 0.6) is 0 Å². The number of aryl methyl sites for hydroxylation is 1. The molecule has 0 spiro atoms. The molecule has 5 nitrogen and oxygen atoms in total. The molecule has 0 unspecified atom stereocenters. The van der Waals surface area contributed by atoms with Crippen molar-refractivity contribution in [2.45, 2.75) is 31.4 Å². The molecule has 154 valence electrons. The highest BCUT2D eigenvalue weighted by Crippen LogP contribution is 2.30. The third-order valence-corrected chi connectivity index (χ3v) is 7.83. The molecule has 0 bridgehead atoms. The number of carbonyl (C=O) groups excluding carboxylic acids is 1. The highest BCUT2D eigenvalue weighted by Gasteiger charge is 2.35. The molecule has 1 atom stereocenters. The molecule has 0 N–H and O–H groups in total. The zero-order chi connectivity index (χ0) is 20.4. The van der Waals surface area contributed by atoms with Gasteiger partial charge in [0.15, 0.2) is 0 Å². The second kappa shape index (κ2) is 8.46. The van der Waals surface area contributed by atoms with Crippen LogP contribution >= 0.6 is 11.6 Å². The van der Waals surface area contributed by atoms with E-state index in [4.69, 9.17) is 11.6 Å². The number of halogens is 1. The molecule has 2 aliphatic heterocycles. The minimum atomic E-state index is -3.49. The number of nitrogens with zero attached hydrogens (tertiary/aromatic N) is 2. The molecule has 29 heavy (non-hydrogen) atoms. The van der Waals surface area contributed by atoms with Crippen molar-refractivity contribution < 1.29 is 13.2 Å². The van der Waals surface area contributed by atoms with Gasteiger partial charge < -0.3 is 4.90 Å². The molecule has 2 aromatic carbocycles. The minimum Gasteiger partial charge on any atom is -0.312 e. The normalized spacial score (nSPS) is 20.3. The van der Waals surface area contributed by atoms with Gasteiger partial charge >= 0.3 is 0 Å². The quantitative estimate of drug-likeness (QED) is 0.737. The van der Waals surface area contributed by atoms with E-state index in [-0.39, 0.29) is 24.1 Å². The summed E-state index contributed by atoms with van der Waals surface area (Å²) in [5.74, 6) is -0.323. The Morgan fingerprint density at radius 2 is 1.79 bits per heavy atom. The molecule has 0 saturated carbocycles. The van der Waals surface area contributed by atoms with E-state index in [0.29, 0.717) is 30.1 Å². The fourth-order valence-corrected chi connectivity index (χ4v) is 6.00. The Hall–Kier alpha value is -1.89. The lowest BCUT2D eigenvalue weighted by molar-refractivity contribution is -0.123. The summed E-state index contributed by atoms with van der Waals surface area (Å²) in [6.45, 7) is 1.42. The largest absolute Gasteiger partial charge is 0.312 e. The van der Waals surface area contributed by atoms with Gasteiger partial charge in [-0.1, -0.05) is 41.9 Å². The fraction of sp³-hybridized carbons (Fsp3) is 0.409. The average molecular weight is 433 g/mol. The average Bonchev–Trinajstić information content (AvgIpc) is 2.74. The maximum atomic E-state index is 13.3. The van der Waals surface area contributed by atoms with Crippen molar-refractivity contribution in [3.8, 4) is 0 Å². The van der Waals surface area contributed by atoms with E-state index in [2.05, 4.69) is 6.07 Å². The fourth-order valence-electron chi connectivity index (χ4n) is 4.26. The standard InChI is InChI=1S/C22H25ClN2O3S/c23-20-11-9-17(10-12-20)16-29(27,28)24-13-3-7-19(15-24)22(26)25-14-4-6-18-5-1-2-8-21(18)25/h1-2,5,8-12,19H,3-4,6-7,13-16H2/t19-/m0/s1. The van der Waals surface area contributed by atoms with E-state index in [1.807, 2.05) is 23.1 Å². The first-order chi connectivity index (χ1) is 13.9. The summed E-state index contributed by atoms with van der Waals surface area (Å²) in [6, 6.07) is 14.9. The van der Waals surface area contributed by atoms with Gasteiger partial charge in [-0.05, 0) is 55.0 Å². The summed E-state index contributed by atoms with van der Waals surface area (Å²) in [6.07, 6.45) is 3.34. The van der Waals surface area contributed by atoms with Gasteiger partial charge in [0.25, 0.3) is 0 Å². The number of hydrogen-bond acceptors (Lipinski definition) is 3. The minimum absolute atomic E-state index is 0.0449. The zero-order valence-corrected chi connectivity index (χ0v) is 17.8. The highest BCUT2D eigenvalue weighted by atomic mass is 35.5. The lowest BCUT2D eigenvalue weighted by atomic mass is 9.95. The van der Waals surface area contributed by atoms with Crippen LogP contribution in [0.1, 0.15) is 30.4 Å². The summed E-state index contributed by atoms with van der Waals surface area (Å²) in [7, 11) is -3.49. The van der Waals surface area contributed by atoms with E-state index < -0.39 is 10.0 Å². The van der Waals surface area contributed by atoms with Crippen LogP contribution in [0, 0.1) is 5.92 Å². The molecule has 4 rings (SSSR count). The molecule has 0 radical (unpaired) electrons. The third kappa shape index (κ3) is 4.49. The Balaban J connectivity index is 1.48. The summed E-state index contributed by atoms with van der Waals surface area (Å²) in [5, 5.41) is 0.580. The molecule has 0 aromatic heterocycles.